The lowest BCUT2D eigenvalue weighted by molar-refractivity contribution is 0.0751. The number of amides is 1. The number of hydrogen-bond donors (Lipinski definition) is 0. The Bertz CT molecular complexity index is 1020. The Balaban J connectivity index is 1.44. The largest absolute Gasteiger partial charge is 0.454 e. The molecule has 0 saturated heterocycles. The van der Waals surface area contributed by atoms with Gasteiger partial charge in [0.25, 0.3) is 5.91 Å². The molecule has 0 unspecified atom stereocenters. The van der Waals surface area contributed by atoms with Crippen molar-refractivity contribution in [2.75, 3.05) is 7.05 Å². The number of nitrogens with zero attached hydrogens (tertiary/aromatic N) is 5. The third-order valence-corrected chi connectivity index (χ3v) is 4.20. The summed E-state index contributed by atoms with van der Waals surface area (Å²) >= 11 is 0. The van der Waals surface area contributed by atoms with Crippen molar-refractivity contribution in [3.63, 3.8) is 0 Å². The second-order valence-corrected chi connectivity index (χ2v) is 6.25. The topological polar surface area (TPSA) is 69.1 Å². The van der Waals surface area contributed by atoms with Crippen LogP contribution in [0.1, 0.15) is 21.9 Å². The Hall–Kier alpha value is -3.61. The zero-order chi connectivity index (χ0) is 18.6. The molecule has 136 valence electrons. The molecule has 4 aromatic rings. The zero-order valence-corrected chi connectivity index (χ0v) is 14.9. The molecule has 1 aromatic carbocycles. The van der Waals surface area contributed by atoms with E-state index in [0.717, 1.165) is 11.3 Å². The first-order valence-electron chi connectivity index (χ1n) is 8.59. The molecule has 4 rings (SSSR count). The summed E-state index contributed by atoms with van der Waals surface area (Å²) in [4.78, 5) is 14.3. The Morgan fingerprint density at radius 1 is 1.07 bits per heavy atom. The maximum Gasteiger partial charge on any atom is 0.289 e. The first-order valence-corrected chi connectivity index (χ1v) is 8.59. The van der Waals surface area contributed by atoms with Gasteiger partial charge in [0, 0.05) is 38.4 Å². The van der Waals surface area contributed by atoms with Crippen LogP contribution in [-0.4, -0.2) is 37.4 Å². The van der Waals surface area contributed by atoms with Gasteiger partial charge in [0.1, 0.15) is 5.76 Å². The first-order chi connectivity index (χ1) is 13.2. The van der Waals surface area contributed by atoms with Crippen molar-refractivity contribution in [3.05, 3.63) is 90.4 Å². The van der Waals surface area contributed by atoms with Crippen LogP contribution in [-0.2, 0) is 13.1 Å². The first kappa shape index (κ1) is 16.8. The van der Waals surface area contributed by atoms with Crippen molar-refractivity contribution in [1.29, 1.82) is 0 Å². The summed E-state index contributed by atoms with van der Waals surface area (Å²) in [7, 11) is 1.76. The molecule has 0 saturated carbocycles. The highest BCUT2D eigenvalue weighted by molar-refractivity contribution is 5.91. The van der Waals surface area contributed by atoms with Crippen LogP contribution in [0.2, 0.25) is 0 Å². The van der Waals surface area contributed by atoms with Gasteiger partial charge in [-0.3, -0.25) is 9.48 Å². The predicted molar refractivity (Wildman–Crippen MR) is 99.4 cm³/mol. The summed E-state index contributed by atoms with van der Waals surface area (Å²) in [5, 5.41) is 8.38. The molecular weight excluding hydrogens is 342 g/mol. The molecule has 0 aliphatic carbocycles. The van der Waals surface area contributed by atoms with E-state index < -0.39 is 0 Å². The average molecular weight is 361 g/mol. The third kappa shape index (κ3) is 3.82. The molecule has 27 heavy (non-hydrogen) atoms. The lowest BCUT2D eigenvalue weighted by Crippen LogP contribution is -2.25. The van der Waals surface area contributed by atoms with E-state index in [1.165, 1.54) is 0 Å². The molecule has 0 spiro atoms. The Labute approximate surface area is 156 Å². The van der Waals surface area contributed by atoms with Gasteiger partial charge in [-0.15, -0.1) is 0 Å². The van der Waals surface area contributed by atoms with Crippen molar-refractivity contribution in [3.8, 4) is 5.69 Å². The standard InChI is InChI=1S/C20H19N5O2/c1-23(14-16-5-2-6-17(13-16)25-12-4-10-22-25)20(26)19-8-7-18(27-19)15-24-11-3-9-21-24/h2-13H,14-15H2,1H3. The number of furan rings is 1. The minimum Gasteiger partial charge on any atom is -0.454 e. The number of carbonyl (C=O) groups is 1. The molecule has 0 atom stereocenters. The second kappa shape index (κ2) is 7.33. The number of rotatable bonds is 6. The monoisotopic (exact) mass is 361 g/mol. The summed E-state index contributed by atoms with van der Waals surface area (Å²) in [6.45, 7) is 0.971. The van der Waals surface area contributed by atoms with Crippen molar-refractivity contribution in [1.82, 2.24) is 24.5 Å². The smallest absolute Gasteiger partial charge is 0.289 e. The summed E-state index contributed by atoms with van der Waals surface area (Å²) < 4.78 is 9.23. The number of benzene rings is 1. The quantitative estimate of drug-likeness (QED) is 0.529. The summed E-state index contributed by atoms with van der Waals surface area (Å²) in [5.41, 5.74) is 1.97. The predicted octanol–water partition coefficient (Wildman–Crippen LogP) is 2.98. The van der Waals surface area contributed by atoms with E-state index in [-0.39, 0.29) is 5.91 Å². The Morgan fingerprint density at radius 2 is 1.93 bits per heavy atom. The van der Waals surface area contributed by atoms with Crippen LogP contribution < -0.4 is 0 Å². The molecule has 1 amide bonds. The molecule has 3 aromatic heterocycles. The molecule has 0 bridgehead atoms. The molecular formula is C20H19N5O2. The van der Waals surface area contributed by atoms with Crippen molar-refractivity contribution < 1.29 is 9.21 Å². The van der Waals surface area contributed by atoms with Crippen LogP contribution in [0.4, 0.5) is 0 Å². The van der Waals surface area contributed by atoms with Crippen molar-refractivity contribution in [2.24, 2.45) is 0 Å². The molecule has 0 N–H and O–H groups in total. The van der Waals surface area contributed by atoms with Gasteiger partial charge in [0.15, 0.2) is 5.76 Å². The summed E-state index contributed by atoms with van der Waals surface area (Å²) in [6.07, 6.45) is 7.18. The van der Waals surface area contributed by atoms with Crippen molar-refractivity contribution >= 4 is 5.91 Å². The number of aromatic nitrogens is 4. The number of carbonyl (C=O) groups excluding carboxylic acids is 1. The molecule has 7 nitrogen and oxygen atoms in total. The second-order valence-electron chi connectivity index (χ2n) is 6.25. The van der Waals surface area contributed by atoms with Crippen LogP contribution >= 0.6 is 0 Å². The fraction of sp³-hybridized carbons (Fsp3) is 0.150. The van der Waals surface area contributed by atoms with Crippen LogP contribution in [0, 0.1) is 0 Å². The highest BCUT2D eigenvalue weighted by Crippen LogP contribution is 2.15. The van der Waals surface area contributed by atoms with Gasteiger partial charge in [0.05, 0.1) is 12.2 Å². The van der Waals surface area contributed by atoms with Gasteiger partial charge in [-0.1, -0.05) is 12.1 Å². The minimum absolute atomic E-state index is 0.161. The van der Waals surface area contributed by atoms with Gasteiger partial charge >= 0.3 is 0 Å². The molecule has 7 heteroatoms. The summed E-state index contributed by atoms with van der Waals surface area (Å²) in [5.74, 6) is 0.852. The Kier molecular flexibility index (Phi) is 4.57. The van der Waals surface area contributed by atoms with E-state index in [0.29, 0.717) is 24.6 Å². The molecule has 0 fully saturated rings. The van der Waals surface area contributed by atoms with Crippen LogP contribution in [0.25, 0.3) is 5.69 Å². The van der Waals surface area contributed by atoms with Crippen LogP contribution in [0.5, 0.6) is 0 Å². The van der Waals surface area contributed by atoms with E-state index in [4.69, 9.17) is 4.42 Å². The van der Waals surface area contributed by atoms with E-state index in [9.17, 15) is 4.79 Å². The average Bonchev–Trinajstić information content (AvgIpc) is 3.44. The third-order valence-electron chi connectivity index (χ3n) is 4.20. The lowest BCUT2D eigenvalue weighted by atomic mass is 10.2. The van der Waals surface area contributed by atoms with Gasteiger partial charge in [-0.05, 0) is 42.0 Å². The normalized spacial score (nSPS) is 10.9. The number of hydrogen-bond acceptors (Lipinski definition) is 4. The molecule has 0 aliphatic heterocycles. The van der Waals surface area contributed by atoms with Crippen LogP contribution in [0.3, 0.4) is 0 Å². The van der Waals surface area contributed by atoms with Crippen LogP contribution in [0.15, 0.2) is 77.7 Å². The van der Waals surface area contributed by atoms with E-state index in [1.807, 2.05) is 48.8 Å². The fourth-order valence-electron chi connectivity index (χ4n) is 2.88. The van der Waals surface area contributed by atoms with Gasteiger partial charge < -0.3 is 9.32 Å². The maximum atomic E-state index is 12.7. The fourth-order valence-corrected chi connectivity index (χ4v) is 2.88. The SMILES string of the molecule is CN(Cc1cccc(-n2cccn2)c1)C(=O)c1ccc(Cn2cccn2)o1. The van der Waals surface area contributed by atoms with E-state index in [2.05, 4.69) is 10.2 Å². The molecule has 0 radical (unpaired) electrons. The van der Waals surface area contributed by atoms with Gasteiger partial charge in [-0.2, -0.15) is 10.2 Å². The van der Waals surface area contributed by atoms with E-state index in [1.54, 1.807) is 45.8 Å². The summed E-state index contributed by atoms with van der Waals surface area (Å²) in [6, 6.07) is 15.2. The zero-order valence-electron chi connectivity index (χ0n) is 14.9. The molecule has 3 heterocycles. The highest BCUT2D eigenvalue weighted by atomic mass is 16.4. The molecule has 0 aliphatic rings. The minimum atomic E-state index is -0.161. The highest BCUT2D eigenvalue weighted by Gasteiger charge is 2.17. The maximum absolute atomic E-state index is 12.7. The lowest BCUT2D eigenvalue weighted by Gasteiger charge is -2.16. The van der Waals surface area contributed by atoms with Crippen molar-refractivity contribution in [2.45, 2.75) is 13.1 Å². The van der Waals surface area contributed by atoms with Gasteiger partial charge in [0.2, 0.25) is 0 Å². The van der Waals surface area contributed by atoms with E-state index >= 15 is 0 Å². The Morgan fingerprint density at radius 3 is 2.70 bits per heavy atom. The van der Waals surface area contributed by atoms with Gasteiger partial charge in [-0.25, -0.2) is 4.68 Å².